The van der Waals surface area contributed by atoms with Crippen LogP contribution in [0.2, 0.25) is 0 Å². The molecule has 0 aliphatic heterocycles. The second-order valence-electron chi connectivity index (χ2n) is 3.87. The van der Waals surface area contributed by atoms with Gasteiger partial charge in [0.1, 0.15) is 5.76 Å². The summed E-state index contributed by atoms with van der Waals surface area (Å²) in [7, 11) is 0. The van der Waals surface area contributed by atoms with Gasteiger partial charge in [-0.1, -0.05) is 5.16 Å². The highest BCUT2D eigenvalue weighted by molar-refractivity contribution is 5.23. The maximum absolute atomic E-state index is 9.27. The SMILES string of the molecule is Cc1cc(C2(CN)CC(O)C2)no1. The second kappa shape index (κ2) is 2.82. The standard InChI is InChI=1S/C9H14N2O2/c1-6-2-8(11-13-6)9(5-10)3-7(12)4-9/h2,7,12H,3-5,10H2,1H3. The number of hydrogen-bond donors (Lipinski definition) is 2. The third-order valence-electron chi connectivity index (χ3n) is 2.81. The van der Waals surface area contributed by atoms with Crippen molar-refractivity contribution in [1.29, 1.82) is 0 Å². The van der Waals surface area contributed by atoms with E-state index in [9.17, 15) is 5.11 Å². The molecule has 0 aromatic carbocycles. The van der Waals surface area contributed by atoms with E-state index >= 15 is 0 Å². The van der Waals surface area contributed by atoms with Crippen molar-refractivity contribution in [3.05, 3.63) is 17.5 Å². The highest BCUT2D eigenvalue weighted by Gasteiger charge is 2.45. The van der Waals surface area contributed by atoms with Crippen molar-refractivity contribution >= 4 is 0 Å². The molecule has 1 saturated carbocycles. The van der Waals surface area contributed by atoms with Crippen LogP contribution >= 0.6 is 0 Å². The van der Waals surface area contributed by atoms with Gasteiger partial charge in [-0.05, 0) is 19.8 Å². The first-order valence-electron chi connectivity index (χ1n) is 4.48. The molecule has 2 rings (SSSR count). The number of nitrogens with zero attached hydrogens (tertiary/aromatic N) is 1. The molecule has 1 aromatic heterocycles. The zero-order chi connectivity index (χ0) is 9.47. The summed E-state index contributed by atoms with van der Waals surface area (Å²) in [4.78, 5) is 0. The van der Waals surface area contributed by atoms with Gasteiger partial charge in [0.15, 0.2) is 0 Å². The molecular formula is C9H14N2O2. The van der Waals surface area contributed by atoms with Crippen molar-refractivity contribution < 1.29 is 9.63 Å². The van der Waals surface area contributed by atoms with Crippen LogP contribution in [0.3, 0.4) is 0 Å². The molecule has 1 aliphatic carbocycles. The minimum atomic E-state index is -0.222. The molecule has 0 unspecified atom stereocenters. The Balaban J connectivity index is 2.23. The van der Waals surface area contributed by atoms with E-state index in [2.05, 4.69) is 5.16 Å². The fourth-order valence-electron chi connectivity index (χ4n) is 1.94. The van der Waals surface area contributed by atoms with E-state index in [1.165, 1.54) is 0 Å². The van der Waals surface area contributed by atoms with E-state index in [-0.39, 0.29) is 11.5 Å². The van der Waals surface area contributed by atoms with Crippen molar-refractivity contribution in [2.24, 2.45) is 5.73 Å². The summed E-state index contributed by atoms with van der Waals surface area (Å²) in [5.41, 5.74) is 6.44. The summed E-state index contributed by atoms with van der Waals surface area (Å²) in [5.74, 6) is 0.796. The van der Waals surface area contributed by atoms with Gasteiger partial charge in [0.05, 0.1) is 11.8 Å². The van der Waals surface area contributed by atoms with E-state index in [0.29, 0.717) is 19.4 Å². The molecule has 4 heteroatoms. The summed E-state index contributed by atoms with van der Waals surface area (Å²) >= 11 is 0. The van der Waals surface area contributed by atoms with Crippen LogP contribution in [0.5, 0.6) is 0 Å². The topological polar surface area (TPSA) is 72.3 Å². The predicted octanol–water partition coefficient (Wildman–Crippen LogP) is 0.334. The molecule has 1 aromatic rings. The van der Waals surface area contributed by atoms with Crippen LogP contribution in [0, 0.1) is 6.92 Å². The van der Waals surface area contributed by atoms with Gasteiger partial charge in [0, 0.05) is 18.0 Å². The fourth-order valence-corrected chi connectivity index (χ4v) is 1.94. The van der Waals surface area contributed by atoms with Crippen LogP contribution in [-0.4, -0.2) is 22.9 Å². The number of rotatable bonds is 2. The maximum Gasteiger partial charge on any atom is 0.133 e. The minimum Gasteiger partial charge on any atom is -0.393 e. The average Bonchev–Trinajstić information content (AvgIpc) is 2.46. The van der Waals surface area contributed by atoms with Crippen LogP contribution in [0.4, 0.5) is 0 Å². The van der Waals surface area contributed by atoms with Gasteiger partial charge in [-0.15, -0.1) is 0 Å². The van der Waals surface area contributed by atoms with Crippen LogP contribution in [-0.2, 0) is 5.41 Å². The van der Waals surface area contributed by atoms with Crippen LogP contribution in [0.15, 0.2) is 10.6 Å². The molecule has 1 heterocycles. The third kappa shape index (κ3) is 1.26. The number of aliphatic hydroxyl groups excluding tert-OH is 1. The van der Waals surface area contributed by atoms with E-state index < -0.39 is 0 Å². The summed E-state index contributed by atoms with van der Waals surface area (Å²) in [6.07, 6.45) is 1.19. The van der Waals surface area contributed by atoms with Crippen molar-refractivity contribution in [1.82, 2.24) is 5.16 Å². The molecule has 0 bridgehead atoms. The van der Waals surface area contributed by atoms with E-state index in [0.717, 1.165) is 11.5 Å². The fraction of sp³-hybridized carbons (Fsp3) is 0.667. The zero-order valence-electron chi connectivity index (χ0n) is 7.66. The molecule has 4 nitrogen and oxygen atoms in total. The Bertz CT molecular complexity index is 302. The molecule has 13 heavy (non-hydrogen) atoms. The van der Waals surface area contributed by atoms with Gasteiger partial charge in [0.2, 0.25) is 0 Å². The van der Waals surface area contributed by atoms with E-state index in [1.807, 2.05) is 13.0 Å². The zero-order valence-corrected chi connectivity index (χ0v) is 7.66. The number of nitrogens with two attached hydrogens (primary N) is 1. The number of hydrogen-bond acceptors (Lipinski definition) is 4. The first-order chi connectivity index (χ1) is 6.16. The molecule has 0 saturated heterocycles. The molecule has 72 valence electrons. The quantitative estimate of drug-likeness (QED) is 0.691. The van der Waals surface area contributed by atoms with Crippen molar-refractivity contribution in [3.8, 4) is 0 Å². The lowest BCUT2D eigenvalue weighted by molar-refractivity contribution is 0.0186. The summed E-state index contributed by atoms with van der Waals surface area (Å²) in [6, 6.07) is 1.90. The first-order valence-corrected chi connectivity index (χ1v) is 4.48. The monoisotopic (exact) mass is 182 g/mol. The van der Waals surface area contributed by atoms with Crippen LogP contribution in [0.1, 0.15) is 24.3 Å². The largest absolute Gasteiger partial charge is 0.393 e. The lowest BCUT2D eigenvalue weighted by Crippen LogP contribution is -2.50. The Labute approximate surface area is 76.7 Å². The van der Waals surface area contributed by atoms with Crippen molar-refractivity contribution in [3.63, 3.8) is 0 Å². The Morgan fingerprint density at radius 3 is 2.85 bits per heavy atom. The molecular weight excluding hydrogens is 168 g/mol. The van der Waals surface area contributed by atoms with Crippen LogP contribution < -0.4 is 5.73 Å². The lowest BCUT2D eigenvalue weighted by Gasteiger charge is -2.42. The minimum absolute atomic E-state index is 0.128. The predicted molar refractivity (Wildman–Crippen MR) is 47.2 cm³/mol. The van der Waals surface area contributed by atoms with Crippen LogP contribution in [0.25, 0.3) is 0 Å². The van der Waals surface area contributed by atoms with Gasteiger partial charge in [0.25, 0.3) is 0 Å². The summed E-state index contributed by atoms with van der Waals surface area (Å²) in [5, 5.41) is 13.2. The molecule has 1 aliphatic rings. The van der Waals surface area contributed by atoms with Crippen molar-refractivity contribution in [2.75, 3.05) is 6.54 Å². The number of aromatic nitrogens is 1. The smallest absolute Gasteiger partial charge is 0.133 e. The second-order valence-corrected chi connectivity index (χ2v) is 3.87. The lowest BCUT2D eigenvalue weighted by atomic mass is 9.65. The summed E-state index contributed by atoms with van der Waals surface area (Å²) < 4.78 is 5.00. The molecule has 0 atom stereocenters. The number of aryl methyl sites for hydroxylation is 1. The third-order valence-corrected chi connectivity index (χ3v) is 2.81. The molecule has 1 fully saturated rings. The summed E-state index contributed by atoms with van der Waals surface area (Å²) in [6.45, 7) is 2.38. The Kier molecular flexibility index (Phi) is 1.89. The maximum atomic E-state index is 9.27. The number of aliphatic hydroxyl groups is 1. The molecule has 0 spiro atoms. The highest BCUT2D eigenvalue weighted by atomic mass is 16.5. The van der Waals surface area contributed by atoms with Crippen molar-refractivity contribution in [2.45, 2.75) is 31.3 Å². The van der Waals surface area contributed by atoms with Gasteiger partial charge in [-0.3, -0.25) is 0 Å². The van der Waals surface area contributed by atoms with Gasteiger partial charge in [-0.25, -0.2) is 0 Å². The normalized spacial score (nSPS) is 33.0. The van der Waals surface area contributed by atoms with E-state index in [4.69, 9.17) is 10.3 Å². The Morgan fingerprint density at radius 1 is 1.77 bits per heavy atom. The molecule has 3 N–H and O–H groups in total. The van der Waals surface area contributed by atoms with Gasteiger partial charge >= 0.3 is 0 Å². The Morgan fingerprint density at radius 2 is 2.46 bits per heavy atom. The van der Waals surface area contributed by atoms with Gasteiger partial charge in [-0.2, -0.15) is 0 Å². The first kappa shape index (κ1) is 8.72. The van der Waals surface area contributed by atoms with Gasteiger partial charge < -0.3 is 15.4 Å². The highest BCUT2D eigenvalue weighted by Crippen LogP contribution is 2.42. The Hall–Kier alpha value is -0.870. The average molecular weight is 182 g/mol. The van der Waals surface area contributed by atoms with E-state index in [1.54, 1.807) is 0 Å². The molecule has 0 radical (unpaired) electrons. The molecule has 0 amide bonds.